The predicted molar refractivity (Wildman–Crippen MR) is 88.7 cm³/mol. The van der Waals surface area contributed by atoms with Gasteiger partial charge in [0.15, 0.2) is 0 Å². The van der Waals surface area contributed by atoms with E-state index >= 15 is 0 Å². The third kappa shape index (κ3) is 5.21. The van der Waals surface area contributed by atoms with E-state index in [0.29, 0.717) is 5.02 Å². The lowest BCUT2D eigenvalue weighted by Gasteiger charge is -2.26. The van der Waals surface area contributed by atoms with Gasteiger partial charge in [0.05, 0.1) is 16.3 Å². The van der Waals surface area contributed by atoms with Crippen LogP contribution in [0, 0.1) is 0 Å². The number of nitrogens with zero attached hydrogens (tertiary/aromatic N) is 2. The van der Waals surface area contributed by atoms with E-state index in [1.807, 2.05) is 0 Å². The van der Waals surface area contributed by atoms with Gasteiger partial charge in [0, 0.05) is 13.1 Å². The number of anilines is 1. The Morgan fingerprint density at radius 2 is 1.81 bits per heavy atom. The van der Waals surface area contributed by atoms with E-state index in [-0.39, 0.29) is 5.56 Å². The summed E-state index contributed by atoms with van der Waals surface area (Å²) in [5.74, 6) is -0.951. The second-order valence-corrected chi connectivity index (χ2v) is 5.34. The maximum atomic E-state index is 10.9. The molecule has 0 radical (unpaired) electrons. The van der Waals surface area contributed by atoms with Gasteiger partial charge in [-0.25, -0.2) is 4.79 Å². The zero-order valence-electron chi connectivity index (χ0n) is 13.1. The van der Waals surface area contributed by atoms with Gasteiger partial charge in [-0.1, -0.05) is 25.4 Å². The Labute approximate surface area is 132 Å². The number of rotatable bonds is 9. The zero-order valence-corrected chi connectivity index (χ0v) is 13.9. The van der Waals surface area contributed by atoms with E-state index in [1.165, 1.54) is 6.07 Å². The molecule has 0 bridgehead atoms. The summed E-state index contributed by atoms with van der Waals surface area (Å²) in [6.07, 6.45) is 1.06. The number of benzene rings is 1. The number of halogens is 1. The number of carbonyl (C=O) groups is 1. The second kappa shape index (κ2) is 8.90. The first-order valence-electron chi connectivity index (χ1n) is 7.53. The molecule has 0 heterocycles. The third-order valence-electron chi connectivity index (χ3n) is 3.71. The fraction of sp³-hybridized carbons (Fsp3) is 0.562. The SMILES string of the molecule is CCN(CC)CCCN(CC)c1ccc(C(=O)O)cc1Cl. The van der Waals surface area contributed by atoms with Gasteiger partial charge >= 0.3 is 5.97 Å². The molecule has 118 valence electrons. The van der Waals surface area contributed by atoms with Crippen molar-refractivity contribution in [1.82, 2.24) is 4.90 Å². The standard InChI is InChI=1S/C16H25ClN2O2/c1-4-18(5-2)10-7-11-19(6-3)15-9-8-13(16(20)21)12-14(15)17/h8-9,12H,4-7,10-11H2,1-3H3,(H,20,21). The van der Waals surface area contributed by atoms with Crippen LogP contribution in [-0.4, -0.2) is 48.7 Å². The molecule has 0 aliphatic carbocycles. The molecule has 0 aromatic heterocycles. The Hall–Kier alpha value is -1.26. The molecule has 0 aliphatic heterocycles. The highest BCUT2D eigenvalue weighted by Crippen LogP contribution is 2.27. The van der Waals surface area contributed by atoms with Crippen molar-refractivity contribution in [3.63, 3.8) is 0 Å². The van der Waals surface area contributed by atoms with Crippen LogP contribution in [0.1, 0.15) is 37.6 Å². The van der Waals surface area contributed by atoms with Crippen LogP contribution >= 0.6 is 11.6 Å². The number of aromatic carboxylic acids is 1. The molecule has 0 saturated carbocycles. The Morgan fingerprint density at radius 1 is 1.14 bits per heavy atom. The molecule has 1 N–H and O–H groups in total. The lowest BCUT2D eigenvalue weighted by molar-refractivity contribution is 0.0697. The van der Waals surface area contributed by atoms with E-state index < -0.39 is 5.97 Å². The van der Waals surface area contributed by atoms with Gasteiger partial charge in [-0.2, -0.15) is 0 Å². The minimum atomic E-state index is -0.951. The molecule has 0 aliphatic rings. The Balaban J connectivity index is 2.69. The van der Waals surface area contributed by atoms with Crippen LogP contribution in [0.15, 0.2) is 18.2 Å². The molecule has 0 spiro atoms. The zero-order chi connectivity index (χ0) is 15.8. The maximum absolute atomic E-state index is 10.9. The normalized spacial score (nSPS) is 10.9. The minimum Gasteiger partial charge on any atom is -0.478 e. The molecule has 1 aromatic carbocycles. The van der Waals surface area contributed by atoms with Gasteiger partial charge in [-0.3, -0.25) is 0 Å². The van der Waals surface area contributed by atoms with Crippen molar-refractivity contribution in [2.75, 3.05) is 37.6 Å². The van der Waals surface area contributed by atoms with E-state index in [2.05, 4.69) is 30.6 Å². The second-order valence-electron chi connectivity index (χ2n) is 4.93. The van der Waals surface area contributed by atoms with Crippen molar-refractivity contribution in [1.29, 1.82) is 0 Å². The third-order valence-corrected chi connectivity index (χ3v) is 4.02. The summed E-state index contributed by atoms with van der Waals surface area (Å²) in [6, 6.07) is 4.93. The number of hydrogen-bond donors (Lipinski definition) is 1. The van der Waals surface area contributed by atoms with Crippen molar-refractivity contribution in [2.24, 2.45) is 0 Å². The largest absolute Gasteiger partial charge is 0.478 e. The first-order chi connectivity index (χ1) is 10.0. The minimum absolute atomic E-state index is 0.225. The molecule has 0 fully saturated rings. The predicted octanol–water partition coefficient (Wildman–Crippen LogP) is 3.60. The van der Waals surface area contributed by atoms with Gasteiger partial charge in [0.2, 0.25) is 0 Å². The van der Waals surface area contributed by atoms with Crippen molar-refractivity contribution in [3.05, 3.63) is 28.8 Å². The Kier molecular flexibility index (Phi) is 7.54. The summed E-state index contributed by atoms with van der Waals surface area (Å²) in [5, 5.41) is 9.47. The summed E-state index contributed by atoms with van der Waals surface area (Å²) < 4.78 is 0. The highest BCUT2D eigenvalue weighted by atomic mass is 35.5. The summed E-state index contributed by atoms with van der Waals surface area (Å²) in [7, 11) is 0. The van der Waals surface area contributed by atoms with Gasteiger partial charge in [0.1, 0.15) is 0 Å². The van der Waals surface area contributed by atoms with Gasteiger partial charge in [-0.15, -0.1) is 0 Å². The van der Waals surface area contributed by atoms with Crippen LogP contribution < -0.4 is 4.90 Å². The van der Waals surface area contributed by atoms with Crippen LogP contribution in [0.3, 0.4) is 0 Å². The quantitative estimate of drug-likeness (QED) is 0.756. The average Bonchev–Trinajstić information content (AvgIpc) is 2.48. The van der Waals surface area contributed by atoms with Gasteiger partial charge in [0.25, 0.3) is 0 Å². The molecular weight excluding hydrogens is 288 g/mol. The van der Waals surface area contributed by atoms with Crippen LogP contribution in [0.2, 0.25) is 5.02 Å². The highest BCUT2D eigenvalue weighted by Gasteiger charge is 2.12. The molecule has 1 rings (SSSR count). The Morgan fingerprint density at radius 3 is 2.29 bits per heavy atom. The number of hydrogen-bond acceptors (Lipinski definition) is 3. The summed E-state index contributed by atoms with van der Waals surface area (Å²) in [6.45, 7) is 11.4. The van der Waals surface area contributed by atoms with Gasteiger partial charge < -0.3 is 14.9 Å². The van der Waals surface area contributed by atoms with Crippen LogP contribution in [0.4, 0.5) is 5.69 Å². The fourth-order valence-corrected chi connectivity index (χ4v) is 2.67. The molecule has 21 heavy (non-hydrogen) atoms. The summed E-state index contributed by atoms with van der Waals surface area (Å²) >= 11 is 6.23. The molecule has 4 nitrogen and oxygen atoms in total. The van der Waals surface area contributed by atoms with Crippen molar-refractivity contribution < 1.29 is 9.90 Å². The summed E-state index contributed by atoms with van der Waals surface area (Å²) in [4.78, 5) is 15.5. The molecular formula is C16H25ClN2O2. The molecule has 5 heteroatoms. The molecule has 0 atom stereocenters. The van der Waals surface area contributed by atoms with Crippen molar-refractivity contribution in [2.45, 2.75) is 27.2 Å². The van der Waals surface area contributed by atoms with E-state index in [0.717, 1.165) is 44.8 Å². The highest BCUT2D eigenvalue weighted by molar-refractivity contribution is 6.33. The van der Waals surface area contributed by atoms with E-state index in [9.17, 15) is 4.79 Å². The first-order valence-corrected chi connectivity index (χ1v) is 7.91. The lowest BCUT2D eigenvalue weighted by Crippen LogP contribution is -2.30. The molecule has 0 amide bonds. The molecule has 0 unspecified atom stereocenters. The smallest absolute Gasteiger partial charge is 0.335 e. The summed E-state index contributed by atoms with van der Waals surface area (Å²) in [5.41, 5.74) is 1.13. The topological polar surface area (TPSA) is 43.8 Å². The number of carboxylic acids is 1. The Bertz CT molecular complexity index is 462. The van der Waals surface area contributed by atoms with Crippen LogP contribution in [0.5, 0.6) is 0 Å². The van der Waals surface area contributed by atoms with Crippen LogP contribution in [0.25, 0.3) is 0 Å². The molecule has 1 aromatic rings. The van der Waals surface area contributed by atoms with Gasteiger partial charge in [-0.05, 0) is 51.2 Å². The maximum Gasteiger partial charge on any atom is 0.335 e. The average molecular weight is 313 g/mol. The lowest BCUT2D eigenvalue weighted by atomic mass is 10.2. The monoisotopic (exact) mass is 312 g/mol. The molecule has 0 saturated heterocycles. The first kappa shape index (κ1) is 17.8. The van der Waals surface area contributed by atoms with E-state index in [1.54, 1.807) is 12.1 Å². The van der Waals surface area contributed by atoms with Crippen molar-refractivity contribution >= 4 is 23.3 Å². The number of carboxylic acid groups (broad SMARTS) is 1. The van der Waals surface area contributed by atoms with E-state index in [4.69, 9.17) is 16.7 Å². The van der Waals surface area contributed by atoms with Crippen LogP contribution in [-0.2, 0) is 0 Å². The fourth-order valence-electron chi connectivity index (χ4n) is 2.37. The van der Waals surface area contributed by atoms with Crippen molar-refractivity contribution in [3.8, 4) is 0 Å².